The summed E-state index contributed by atoms with van der Waals surface area (Å²) in [6.45, 7) is 4.52. The summed E-state index contributed by atoms with van der Waals surface area (Å²) in [6.07, 6.45) is 3.87. The maximum Gasteiger partial charge on any atom is 0.236 e. The third kappa shape index (κ3) is 1.86. The van der Waals surface area contributed by atoms with Crippen LogP contribution >= 0.6 is 0 Å². The molecule has 104 valence electrons. The molecule has 0 radical (unpaired) electrons. The molecule has 2 aromatic rings. The molecule has 1 aliphatic heterocycles. The van der Waals surface area contributed by atoms with Gasteiger partial charge < -0.3 is 15.1 Å². The van der Waals surface area contributed by atoms with Crippen molar-refractivity contribution in [1.29, 1.82) is 0 Å². The molecule has 3 heterocycles. The van der Waals surface area contributed by atoms with Crippen LogP contribution in [0.1, 0.15) is 36.1 Å². The molecule has 1 unspecified atom stereocenters. The number of furan rings is 1. The number of nitrogen functional groups attached to an aromatic ring is 1. The van der Waals surface area contributed by atoms with E-state index in [1.807, 2.05) is 19.9 Å². The Bertz CT molecular complexity index is 649. The molecule has 0 aliphatic carbocycles. The van der Waals surface area contributed by atoms with E-state index in [2.05, 4.69) is 4.98 Å². The predicted octanol–water partition coefficient (Wildman–Crippen LogP) is 2.61. The standard InChI is InChI=1S/C15H17N3O2/c1-3-11-14-12(9(2)6-13(16)17-14)7-18(15(11)19)10-4-5-20-8-10/h4-6,8,11H,3,7H2,1-2H3,(H2,16,17). The first-order valence-corrected chi connectivity index (χ1v) is 6.71. The molecule has 1 amide bonds. The smallest absolute Gasteiger partial charge is 0.236 e. The summed E-state index contributed by atoms with van der Waals surface area (Å²) in [5.74, 6) is 0.291. The number of carbonyl (C=O) groups excluding carboxylic acids is 1. The van der Waals surface area contributed by atoms with Crippen LogP contribution in [-0.4, -0.2) is 10.9 Å². The van der Waals surface area contributed by atoms with Crippen LogP contribution in [0.3, 0.4) is 0 Å². The fraction of sp³-hybridized carbons (Fsp3) is 0.333. The first-order chi connectivity index (χ1) is 9.61. The largest absolute Gasteiger partial charge is 0.470 e. The summed E-state index contributed by atoms with van der Waals surface area (Å²) in [6, 6.07) is 3.66. The van der Waals surface area contributed by atoms with Crippen molar-refractivity contribution in [3.63, 3.8) is 0 Å². The average Bonchev–Trinajstić information content (AvgIpc) is 2.92. The van der Waals surface area contributed by atoms with Gasteiger partial charge >= 0.3 is 0 Å². The number of nitrogens with zero attached hydrogens (tertiary/aromatic N) is 2. The molecule has 0 bridgehead atoms. The number of amides is 1. The maximum atomic E-state index is 12.6. The zero-order chi connectivity index (χ0) is 14.3. The summed E-state index contributed by atoms with van der Waals surface area (Å²) in [7, 11) is 0. The van der Waals surface area contributed by atoms with E-state index in [4.69, 9.17) is 10.2 Å². The molecule has 2 aromatic heterocycles. The minimum atomic E-state index is -0.240. The van der Waals surface area contributed by atoms with Crippen LogP contribution in [0.15, 0.2) is 29.1 Å². The number of pyridine rings is 1. The molecular weight excluding hydrogens is 254 g/mol. The highest BCUT2D eigenvalue weighted by Gasteiger charge is 2.35. The zero-order valence-corrected chi connectivity index (χ0v) is 11.6. The van der Waals surface area contributed by atoms with Gasteiger partial charge in [-0.2, -0.15) is 0 Å². The molecule has 0 saturated carbocycles. The number of aryl methyl sites for hydroxylation is 1. The van der Waals surface area contributed by atoms with E-state index in [-0.39, 0.29) is 11.8 Å². The molecule has 5 heteroatoms. The Balaban J connectivity index is 2.12. The highest BCUT2D eigenvalue weighted by molar-refractivity contribution is 5.99. The molecule has 0 aromatic carbocycles. The Morgan fingerprint density at radius 2 is 2.35 bits per heavy atom. The van der Waals surface area contributed by atoms with Crippen LogP contribution in [0.25, 0.3) is 0 Å². The summed E-state index contributed by atoms with van der Waals surface area (Å²) < 4.78 is 5.09. The Kier molecular flexibility index (Phi) is 2.97. The average molecular weight is 271 g/mol. The van der Waals surface area contributed by atoms with E-state index >= 15 is 0 Å². The SMILES string of the molecule is CCC1C(=O)N(c2ccoc2)Cc2c(C)cc(N)nc21. The number of nitrogens with two attached hydrogens (primary N) is 1. The molecule has 1 atom stereocenters. The van der Waals surface area contributed by atoms with Gasteiger partial charge in [0.1, 0.15) is 12.1 Å². The van der Waals surface area contributed by atoms with Gasteiger partial charge in [0.05, 0.1) is 30.1 Å². The number of hydrogen-bond donors (Lipinski definition) is 1. The molecule has 1 aliphatic rings. The highest BCUT2D eigenvalue weighted by Crippen LogP contribution is 2.35. The second-order valence-corrected chi connectivity index (χ2v) is 5.09. The van der Waals surface area contributed by atoms with E-state index in [0.717, 1.165) is 22.5 Å². The number of rotatable bonds is 2. The van der Waals surface area contributed by atoms with Crippen molar-refractivity contribution >= 4 is 17.4 Å². The predicted molar refractivity (Wildman–Crippen MR) is 76.3 cm³/mol. The lowest BCUT2D eigenvalue weighted by Crippen LogP contribution is -2.40. The molecule has 5 nitrogen and oxygen atoms in total. The first-order valence-electron chi connectivity index (χ1n) is 6.71. The summed E-state index contributed by atoms with van der Waals surface area (Å²) in [5.41, 5.74) is 9.60. The van der Waals surface area contributed by atoms with Crippen molar-refractivity contribution in [3.8, 4) is 0 Å². The van der Waals surface area contributed by atoms with Gasteiger partial charge in [0.25, 0.3) is 0 Å². The molecule has 0 spiro atoms. The summed E-state index contributed by atoms with van der Waals surface area (Å²) in [5, 5.41) is 0. The van der Waals surface area contributed by atoms with E-state index in [1.165, 1.54) is 0 Å². The van der Waals surface area contributed by atoms with Crippen LogP contribution in [0.2, 0.25) is 0 Å². The lowest BCUT2D eigenvalue weighted by atomic mass is 9.89. The van der Waals surface area contributed by atoms with Gasteiger partial charge in [-0.15, -0.1) is 0 Å². The minimum Gasteiger partial charge on any atom is -0.470 e. The molecular formula is C15H17N3O2. The van der Waals surface area contributed by atoms with Gasteiger partial charge in [0.15, 0.2) is 0 Å². The van der Waals surface area contributed by atoms with Crippen LogP contribution in [-0.2, 0) is 11.3 Å². The molecule has 0 fully saturated rings. The molecule has 0 saturated heterocycles. The van der Waals surface area contributed by atoms with Gasteiger partial charge in [-0.05, 0) is 30.5 Å². The monoisotopic (exact) mass is 271 g/mol. The van der Waals surface area contributed by atoms with Crippen LogP contribution in [0.5, 0.6) is 0 Å². The number of fused-ring (bicyclic) bond motifs is 1. The molecule has 2 N–H and O–H groups in total. The van der Waals surface area contributed by atoms with Crippen molar-refractivity contribution in [2.45, 2.75) is 32.7 Å². The Labute approximate surface area is 117 Å². The van der Waals surface area contributed by atoms with E-state index in [1.54, 1.807) is 23.5 Å². The fourth-order valence-electron chi connectivity index (χ4n) is 2.78. The third-order valence-corrected chi connectivity index (χ3v) is 3.84. The Morgan fingerprint density at radius 3 is 3.00 bits per heavy atom. The van der Waals surface area contributed by atoms with Gasteiger partial charge in [-0.3, -0.25) is 4.79 Å². The highest BCUT2D eigenvalue weighted by atomic mass is 16.3. The van der Waals surface area contributed by atoms with Crippen molar-refractivity contribution in [2.75, 3.05) is 10.6 Å². The first kappa shape index (κ1) is 12.7. The zero-order valence-electron chi connectivity index (χ0n) is 11.6. The van der Waals surface area contributed by atoms with Gasteiger partial charge in [0, 0.05) is 6.07 Å². The van der Waals surface area contributed by atoms with E-state index in [9.17, 15) is 4.79 Å². The lowest BCUT2D eigenvalue weighted by Gasteiger charge is -2.33. The quantitative estimate of drug-likeness (QED) is 0.911. The number of carbonyl (C=O) groups is 1. The minimum absolute atomic E-state index is 0.0545. The fourth-order valence-corrected chi connectivity index (χ4v) is 2.78. The number of anilines is 2. The van der Waals surface area contributed by atoms with Crippen molar-refractivity contribution in [2.24, 2.45) is 0 Å². The molecule has 3 rings (SSSR count). The van der Waals surface area contributed by atoms with Gasteiger partial charge in [-0.1, -0.05) is 6.92 Å². The van der Waals surface area contributed by atoms with Crippen molar-refractivity contribution in [3.05, 3.63) is 41.5 Å². The second-order valence-electron chi connectivity index (χ2n) is 5.09. The second kappa shape index (κ2) is 4.67. The summed E-state index contributed by atoms with van der Waals surface area (Å²) in [4.78, 5) is 18.8. The Hall–Kier alpha value is -2.30. The van der Waals surface area contributed by atoms with Crippen molar-refractivity contribution in [1.82, 2.24) is 4.98 Å². The lowest BCUT2D eigenvalue weighted by molar-refractivity contribution is -0.120. The van der Waals surface area contributed by atoms with E-state index < -0.39 is 0 Å². The van der Waals surface area contributed by atoms with Gasteiger partial charge in [-0.25, -0.2) is 4.98 Å². The molecule has 20 heavy (non-hydrogen) atoms. The van der Waals surface area contributed by atoms with Crippen LogP contribution in [0.4, 0.5) is 11.5 Å². The van der Waals surface area contributed by atoms with E-state index in [0.29, 0.717) is 18.8 Å². The normalized spacial score (nSPS) is 18.2. The third-order valence-electron chi connectivity index (χ3n) is 3.84. The van der Waals surface area contributed by atoms with Gasteiger partial charge in [0.2, 0.25) is 5.91 Å². The van der Waals surface area contributed by atoms with Crippen LogP contribution in [0, 0.1) is 6.92 Å². The number of hydrogen-bond acceptors (Lipinski definition) is 4. The number of aromatic nitrogens is 1. The Morgan fingerprint density at radius 1 is 1.55 bits per heavy atom. The summed E-state index contributed by atoms with van der Waals surface area (Å²) >= 11 is 0. The van der Waals surface area contributed by atoms with Crippen LogP contribution < -0.4 is 10.6 Å². The maximum absolute atomic E-state index is 12.6. The topological polar surface area (TPSA) is 72.4 Å². The van der Waals surface area contributed by atoms with Crippen molar-refractivity contribution < 1.29 is 9.21 Å².